The van der Waals surface area contributed by atoms with E-state index in [1.54, 1.807) is 13.0 Å². The topological polar surface area (TPSA) is 75.1 Å². The molecule has 0 aliphatic heterocycles. The van der Waals surface area contributed by atoms with Crippen LogP contribution in [0, 0.1) is 6.92 Å². The highest BCUT2D eigenvalue weighted by molar-refractivity contribution is 6.17. The second kappa shape index (κ2) is 5.18. The molecule has 2 aromatic rings. The fraction of sp³-hybridized carbons (Fsp3) is 0.500. The first-order valence-corrected chi connectivity index (χ1v) is 6.00. The van der Waals surface area contributed by atoms with Gasteiger partial charge in [0.25, 0.3) is 0 Å². The van der Waals surface area contributed by atoms with E-state index in [0.717, 1.165) is 25.2 Å². The molecule has 0 saturated carbocycles. The zero-order valence-corrected chi connectivity index (χ0v) is 10.3. The van der Waals surface area contributed by atoms with Gasteiger partial charge in [0.1, 0.15) is 11.6 Å². The zero-order valence-electron chi connectivity index (χ0n) is 9.53. The molecule has 0 unspecified atom stereocenters. The minimum Gasteiger partial charge on any atom is -0.370 e. The van der Waals surface area contributed by atoms with Gasteiger partial charge in [-0.2, -0.15) is 5.10 Å². The van der Waals surface area contributed by atoms with Gasteiger partial charge in [0.2, 0.25) is 0 Å². The molecule has 0 radical (unpaired) electrons. The molecule has 92 valence electrons. The molecular weight excluding hydrogens is 242 g/mol. The lowest BCUT2D eigenvalue weighted by Gasteiger charge is -2.06. The minimum absolute atomic E-state index is 0.265. The Morgan fingerprint density at radius 1 is 1.53 bits per heavy atom. The number of rotatable bonds is 5. The van der Waals surface area contributed by atoms with Gasteiger partial charge in [-0.25, -0.2) is 19.3 Å². The normalized spacial score (nSPS) is 10.9. The second-order valence-electron chi connectivity index (χ2n) is 3.73. The van der Waals surface area contributed by atoms with E-state index in [0.29, 0.717) is 17.4 Å². The summed E-state index contributed by atoms with van der Waals surface area (Å²) in [6.45, 7) is 2.58. The first kappa shape index (κ1) is 11.9. The summed E-state index contributed by atoms with van der Waals surface area (Å²) in [5, 5.41) is 9.48. The number of H-pyrrole nitrogens is 1. The average Bonchev–Trinajstić information content (AvgIpc) is 2.67. The van der Waals surface area contributed by atoms with E-state index in [-0.39, 0.29) is 5.69 Å². The highest BCUT2D eigenvalue weighted by atomic mass is 35.5. The number of anilines is 1. The fourth-order valence-corrected chi connectivity index (χ4v) is 1.81. The summed E-state index contributed by atoms with van der Waals surface area (Å²) in [6, 6.07) is 1.74. The van der Waals surface area contributed by atoms with E-state index in [2.05, 4.69) is 20.5 Å². The largest absolute Gasteiger partial charge is 0.370 e. The molecule has 0 saturated heterocycles. The van der Waals surface area contributed by atoms with E-state index >= 15 is 0 Å². The van der Waals surface area contributed by atoms with Gasteiger partial charge in [0.05, 0.1) is 0 Å². The average molecular weight is 256 g/mol. The molecule has 0 bridgehead atoms. The van der Waals surface area contributed by atoms with Crippen LogP contribution in [-0.2, 0) is 0 Å². The predicted octanol–water partition coefficient (Wildman–Crippen LogP) is 1.16. The predicted molar refractivity (Wildman–Crippen MR) is 66.8 cm³/mol. The van der Waals surface area contributed by atoms with Crippen LogP contribution in [0.5, 0.6) is 0 Å². The van der Waals surface area contributed by atoms with Crippen molar-refractivity contribution in [3.63, 3.8) is 0 Å². The third-order valence-electron chi connectivity index (χ3n) is 2.44. The molecule has 0 fully saturated rings. The van der Waals surface area contributed by atoms with E-state index in [4.69, 9.17) is 11.6 Å². The lowest BCUT2D eigenvalue weighted by Crippen LogP contribution is -2.14. The van der Waals surface area contributed by atoms with Crippen LogP contribution < -0.4 is 11.0 Å². The Kier molecular flexibility index (Phi) is 3.63. The number of nitrogens with one attached hydrogen (secondary N) is 2. The van der Waals surface area contributed by atoms with Gasteiger partial charge < -0.3 is 5.32 Å². The molecule has 0 atom stereocenters. The summed E-state index contributed by atoms with van der Waals surface area (Å²) in [6.07, 6.45) is 1.96. The van der Waals surface area contributed by atoms with E-state index in [9.17, 15) is 4.79 Å². The van der Waals surface area contributed by atoms with Crippen molar-refractivity contribution in [3.05, 3.63) is 22.4 Å². The SMILES string of the molecule is Cc1nc(NCCCCCl)cc2n[nH]c(=O)n12. The van der Waals surface area contributed by atoms with Crippen LogP contribution in [0.3, 0.4) is 0 Å². The van der Waals surface area contributed by atoms with Crippen molar-refractivity contribution in [2.75, 3.05) is 17.7 Å². The van der Waals surface area contributed by atoms with Crippen molar-refractivity contribution < 1.29 is 0 Å². The molecule has 17 heavy (non-hydrogen) atoms. The van der Waals surface area contributed by atoms with E-state index in [1.165, 1.54) is 4.40 Å². The number of unbranched alkanes of at least 4 members (excludes halogenated alkanes) is 1. The third-order valence-corrected chi connectivity index (χ3v) is 2.70. The number of fused-ring (bicyclic) bond motifs is 1. The quantitative estimate of drug-likeness (QED) is 0.621. The molecule has 0 aromatic carbocycles. The summed E-state index contributed by atoms with van der Waals surface area (Å²) in [5.41, 5.74) is 0.307. The van der Waals surface area contributed by atoms with Gasteiger partial charge in [-0.15, -0.1) is 11.6 Å². The summed E-state index contributed by atoms with van der Waals surface area (Å²) in [5.74, 6) is 2.01. The lowest BCUT2D eigenvalue weighted by atomic mass is 10.3. The van der Waals surface area contributed by atoms with Gasteiger partial charge in [-0.3, -0.25) is 0 Å². The van der Waals surface area contributed by atoms with Crippen molar-refractivity contribution in [2.45, 2.75) is 19.8 Å². The monoisotopic (exact) mass is 255 g/mol. The number of nitrogens with zero attached hydrogens (tertiary/aromatic N) is 3. The van der Waals surface area contributed by atoms with Gasteiger partial charge in [-0.1, -0.05) is 0 Å². The zero-order chi connectivity index (χ0) is 12.3. The highest BCUT2D eigenvalue weighted by Gasteiger charge is 2.06. The molecule has 0 spiro atoms. The summed E-state index contributed by atoms with van der Waals surface area (Å²) in [4.78, 5) is 15.7. The van der Waals surface area contributed by atoms with Crippen LogP contribution >= 0.6 is 11.6 Å². The van der Waals surface area contributed by atoms with Gasteiger partial charge in [0.15, 0.2) is 5.65 Å². The molecule has 2 rings (SSSR count). The Bertz CT molecular complexity index is 561. The number of alkyl halides is 1. The van der Waals surface area contributed by atoms with Crippen molar-refractivity contribution >= 4 is 23.1 Å². The molecule has 7 heteroatoms. The second-order valence-corrected chi connectivity index (χ2v) is 4.11. The molecule has 0 aliphatic rings. The number of hydrogen-bond donors (Lipinski definition) is 2. The molecular formula is C10H14ClN5O. The Labute approximate surface area is 103 Å². The van der Waals surface area contributed by atoms with Gasteiger partial charge in [0, 0.05) is 18.5 Å². The van der Waals surface area contributed by atoms with Crippen LogP contribution in [0.25, 0.3) is 5.65 Å². The van der Waals surface area contributed by atoms with Crippen LogP contribution in [0.2, 0.25) is 0 Å². The van der Waals surface area contributed by atoms with E-state index < -0.39 is 0 Å². The summed E-state index contributed by atoms with van der Waals surface area (Å²) in [7, 11) is 0. The molecule has 0 amide bonds. The third kappa shape index (κ3) is 2.58. The van der Waals surface area contributed by atoms with Crippen molar-refractivity contribution in [3.8, 4) is 0 Å². The molecule has 6 nitrogen and oxygen atoms in total. The summed E-state index contributed by atoms with van der Waals surface area (Å²) >= 11 is 5.59. The molecule has 2 N–H and O–H groups in total. The fourth-order valence-electron chi connectivity index (χ4n) is 1.62. The number of aromatic nitrogens is 4. The molecule has 2 heterocycles. The maximum absolute atomic E-state index is 11.4. The lowest BCUT2D eigenvalue weighted by molar-refractivity contribution is 0.832. The number of halogens is 1. The number of hydrogen-bond acceptors (Lipinski definition) is 4. The van der Waals surface area contributed by atoms with E-state index in [1.807, 2.05) is 0 Å². The molecule has 2 aromatic heterocycles. The number of aryl methyl sites for hydroxylation is 1. The number of aromatic amines is 1. The highest BCUT2D eigenvalue weighted by Crippen LogP contribution is 2.07. The Morgan fingerprint density at radius 3 is 3.12 bits per heavy atom. The first-order chi connectivity index (χ1) is 8.22. The van der Waals surface area contributed by atoms with Crippen molar-refractivity contribution in [1.82, 2.24) is 19.6 Å². The van der Waals surface area contributed by atoms with Gasteiger partial charge >= 0.3 is 5.69 Å². The minimum atomic E-state index is -0.265. The maximum Gasteiger partial charge on any atom is 0.349 e. The Morgan fingerprint density at radius 2 is 2.35 bits per heavy atom. The van der Waals surface area contributed by atoms with Crippen molar-refractivity contribution in [1.29, 1.82) is 0 Å². The maximum atomic E-state index is 11.4. The van der Waals surface area contributed by atoms with Crippen LogP contribution in [0.4, 0.5) is 5.82 Å². The van der Waals surface area contributed by atoms with Crippen LogP contribution in [0.1, 0.15) is 18.7 Å². The Balaban J connectivity index is 2.16. The van der Waals surface area contributed by atoms with Crippen molar-refractivity contribution in [2.24, 2.45) is 0 Å². The van der Waals surface area contributed by atoms with Crippen LogP contribution in [-0.4, -0.2) is 32.0 Å². The Hall–Kier alpha value is -1.56. The summed E-state index contributed by atoms with van der Waals surface area (Å²) < 4.78 is 1.43. The van der Waals surface area contributed by atoms with Gasteiger partial charge in [-0.05, 0) is 19.8 Å². The molecule has 0 aliphatic carbocycles. The van der Waals surface area contributed by atoms with Crippen LogP contribution in [0.15, 0.2) is 10.9 Å². The standard InChI is InChI=1S/C10H14ClN5O/c1-7-13-8(12-5-3-2-4-11)6-9-14-15-10(17)16(7)9/h6,12H,2-5H2,1H3,(H,15,17). The first-order valence-electron chi connectivity index (χ1n) is 5.47. The smallest absolute Gasteiger partial charge is 0.349 e.